The van der Waals surface area contributed by atoms with E-state index in [1.54, 1.807) is 7.11 Å². The maximum absolute atomic E-state index is 13.7. The van der Waals surface area contributed by atoms with Crippen LogP contribution in [0.1, 0.15) is 25.3 Å². The van der Waals surface area contributed by atoms with Crippen molar-refractivity contribution in [1.82, 2.24) is 4.90 Å². The Kier molecular flexibility index (Phi) is 3.28. The van der Waals surface area contributed by atoms with Gasteiger partial charge in [-0.2, -0.15) is 0 Å². The van der Waals surface area contributed by atoms with Gasteiger partial charge in [0.15, 0.2) is 0 Å². The summed E-state index contributed by atoms with van der Waals surface area (Å²) in [6.07, 6.45) is 3.96. The van der Waals surface area contributed by atoms with Crippen LogP contribution in [-0.2, 0) is 19.8 Å². The topological polar surface area (TPSA) is 50.8 Å². The van der Waals surface area contributed by atoms with Crippen LogP contribution in [0.4, 0.5) is 5.69 Å². The minimum atomic E-state index is -0.588. The van der Waals surface area contributed by atoms with Crippen molar-refractivity contribution in [2.45, 2.75) is 37.3 Å². The number of fused-ring (bicyclic) bond motifs is 1. The lowest BCUT2D eigenvalue weighted by molar-refractivity contribution is -0.154. The molecule has 0 unspecified atom stereocenters. The average molecular weight is 340 g/mol. The highest BCUT2D eigenvalue weighted by Crippen LogP contribution is 2.58. The van der Waals surface area contributed by atoms with Crippen LogP contribution in [0.15, 0.2) is 35.9 Å². The number of amides is 1. The first-order chi connectivity index (χ1) is 12.2. The number of para-hydroxylation sites is 1. The summed E-state index contributed by atoms with van der Waals surface area (Å²) in [6.45, 7) is 3.66. The van der Waals surface area contributed by atoms with Gasteiger partial charge in [-0.15, -0.1) is 0 Å². The summed E-state index contributed by atoms with van der Waals surface area (Å²) in [5, 5.41) is 0. The number of hydrogen-bond donors (Lipinski definition) is 1. The molecule has 5 fully saturated rings. The van der Waals surface area contributed by atoms with Crippen molar-refractivity contribution in [3.63, 3.8) is 0 Å². The highest BCUT2D eigenvalue weighted by molar-refractivity contribution is 5.94. The monoisotopic (exact) mass is 340 g/mol. The molecule has 1 amide bonds. The standard InChI is InChI=1S/C20H24N2O3/c1-3-12-10-22-17-9-20(19(22)23,18-8-13(12)14(17)11-25-18)15-6-4-5-7-16(15)21-24-2/h3-7,13-14,17-18,21H,8-11H2,1-2H3/b12-3-/t13-,14-,17+,18+,20+/m1/s1. The van der Waals surface area contributed by atoms with Gasteiger partial charge in [-0.25, -0.2) is 0 Å². The van der Waals surface area contributed by atoms with Crippen LogP contribution in [0.5, 0.6) is 0 Å². The van der Waals surface area contributed by atoms with E-state index < -0.39 is 5.41 Å². The summed E-state index contributed by atoms with van der Waals surface area (Å²) in [5.74, 6) is 1.23. The van der Waals surface area contributed by atoms with Crippen molar-refractivity contribution in [3.05, 3.63) is 41.5 Å². The number of piperidine rings is 1. The fraction of sp³-hybridized carbons (Fsp3) is 0.550. The third kappa shape index (κ3) is 1.83. The number of hydrogen-bond acceptors (Lipinski definition) is 4. The van der Waals surface area contributed by atoms with E-state index in [4.69, 9.17) is 9.57 Å². The number of carbonyl (C=O) groups is 1. The number of rotatable bonds is 3. The number of benzene rings is 1. The second-order valence-corrected chi connectivity index (χ2v) is 7.72. The number of nitrogens with zero attached hydrogens (tertiary/aromatic N) is 1. The van der Waals surface area contributed by atoms with Crippen LogP contribution < -0.4 is 5.48 Å². The first-order valence-electron chi connectivity index (χ1n) is 9.17. The van der Waals surface area contributed by atoms with E-state index in [2.05, 4.69) is 29.4 Å². The Morgan fingerprint density at radius 3 is 3.04 bits per heavy atom. The number of carbonyl (C=O) groups excluding carboxylic acids is 1. The lowest BCUT2D eigenvalue weighted by atomic mass is 9.69. The summed E-state index contributed by atoms with van der Waals surface area (Å²) in [6, 6.07) is 8.32. The molecule has 0 spiro atoms. The minimum absolute atomic E-state index is 0.0636. The molecule has 5 aliphatic rings. The van der Waals surface area contributed by atoms with Gasteiger partial charge in [0, 0.05) is 18.5 Å². The molecule has 132 valence electrons. The zero-order valence-electron chi connectivity index (χ0n) is 14.7. The summed E-state index contributed by atoms with van der Waals surface area (Å²) in [4.78, 5) is 21.0. The molecule has 5 heteroatoms. The fourth-order valence-electron chi connectivity index (χ4n) is 5.83. The molecule has 1 aromatic carbocycles. The van der Waals surface area contributed by atoms with Crippen molar-refractivity contribution in [2.75, 3.05) is 25.7 Å². The summed E-state index contributed by atoms with van der Waals surface area (Å²) < 4.78 is 6.30. The molecule has 4 heterocycles. The average Bonchev–Trinajstić information content (AvgIpc) is 2.78. The quantitative estimate of drug-likeness (QED) is 0.678. The molecule has 4 saturated heterocycles. The Labute approximate surface area is 147 Å². The Balaban J connectivity index is 1.70. The van der Waals surface area contributed by atoms with E-state index >= 15 is 0 Å². The molecular weight excluding hydrogens is 316 g/mol. The highest BCUT2D eigenvalue weighted by Gasteiger charge is 2.67. The molecule has 25 heavy (non-hydrogen) atoms. The van der Waals surface area contributed by atoms with E-state index in [-0.39, 0.29) is 12.0 Å². The van der Waals surface area contributed by atoms with Gasteiger partial charge in [0.1, 0.15) is 5.41 Å². The molecule has 5 atom stereocenters. The SMILES string of the molecule is C/C=C1/CN2C(=O)[C@]3(c4ccccc4NOC)C[C@H]2[C@@H]2CO[C@H]3C[C@H]12. The van der Waals surface area contributed by atoms with Gasteiger partial charge < -0.3 is 9.64 Å². The number of anilines is 1. The van der Waals surface area contributed by atoms with Crippen molar-refractivity contribution >= 4 is 11.6 Å². The van der Waals surface area contributed by atoms with Gasteiger partial charge in [-0.05, 0) is 37.3 Å². The van der Waals surface area contributed by atoms with Crippen LogP contribution in [0.3, 0.4) is 0 Å². The third-order valence-electron chi connectivity index (χ3n) is 6.91. The van der Waals surface area contributed by atoms with Gasteiger partial charge >= 0.3 is 0 Å². The Morgan fingerprint density at radius 2 is 2.24 bits per heavy atom. The van der Waals surface area contributed by atoms with Gasteiger partial charge in [0.25, 0.3) is 0 Å². The van der Waals surface area contributed by atoms with Crippen molar-refractivity contribution in [3.8, 4) is 0 Å². The molecule has 0 radical (unpaired) electrons. The molecule has 6 rings (SSSR count). The van der Waals surface area contributed by atoms with E-state index in [0.717, 1.165) is 37.2 Å². The number of ether oxygens (including phenoxy) is 1. The molecule has 0 aromatic heterocycles. The summed E-state index contributed by atoms with van der Waals surface area (Å²) in [5.41, 5.74) is 5.70. The largest absolute Gasteiger partial charge is 0.376 e. The maximum Gasteiger partial charge on any atom is 0.236 e. The first kappa shape index (κ1) is 15.4. The lowest BCUT2D eigenvalue weighted by Crippen LogP contribution is -2.59. The van der Waals surface area contributed by atoms with Crippen LogP contribution >= 0.6 is 0 Å². The van der Waals surface area contributed by atoms with E-state index in [0.29, 0.717) is 17.9 Å². The van der Waals surface area contributed by atoms with Gasteiger partial charge in [-0.3, -0.25) is 15.1 Å². The third-order valence-corrected chi connectivity index (χ3v) is 6.91. The molecule has 1 aromatic rings. The van der Waals surface area contributed by atoms with Crippen molar-refractivity contribution in [1.29, 1.82) is 0 Å². The van der Waals surface area contributed by atoms with E-state index in [1.807, 2.05) is 18.2 Å². The van der Waals surface area contributed by atoms with E-state index in [1.165, 1.54) is 5.57 Å². The zero-order valence-corrected chi connectivity index (χ0v) is 14.7. The van der Waals surface area contributed by atoms with Crippen LogP contribution in [0.25, 0.3) is 0 Å². The molecule has 4 aliphatic heterocycles. The Bertz CT molecular complexity index is 761. The Hall–Kier alpha value is -1.85. The van der Waals surface area contributed by atoms with Crippen molar-refractivity contribution < 1.29 is 14.4 Å². The number of allylic oxidation sites excluding steroid dienone is 1. The fourth-order valence-corrected chi connectivity index (χ4v) is 5.83. The van der Waals surface area contributed by atoms with Crippen molar-refractivity contribution in [2.24, 2.45) is 11.8 Å². The molecule has 1 N–H and O–H groups in total. The second-order valence-electron chi connectivity index (χ2n) is 7.72. The first-order valence-corrected chi connectivity index (χ1v) is 9.17. The molecular formula is C20H24N2O3. The van der Waals surface area contributed by atoms with Crippen LogP contribution in [-0.4, -0.2) is 43.2 Å². The van der Waals surface area contributed by atoms with Gasteiger partial charge in [0.05, 0.1) is 25.5 Å². The van der Waals surface area contributed by atoms with Gasteiger partial charge in [0.2, 0.25) is 5.91 Å². The summed E-state index contributed by atoms with van der Waals surface area (Å²) in [7, 11) is 1.60. The van der Waals surface area contributed by atoms with Crippen LogP contribution in [0, 0.1) is 11.8 Å². The second kappa shape index (κ2) is 5.32. The number of nitrogens with one attached hydrogen (secondary N) is 1. The Morgan fingerprint density at radius 1 is 1.40 bits per heavy atom. The molecule has 5 bridgehead atoms. The molecule has 1 aliphatic carbocycles. The smallest absolute Gasteiger partial charge is 0.236 e. The predicted octanol–water partition coefficient (Wildman–Crippen LogP) is 2.49. The zero-order chi connectivity index (χ0) is 17.2. The normalized spacial score (nSPS) is 40.0. The maximum atomic E-state index is 13.7. The highest BCUT2D eigenvalue weighted by atomic mass is 16.6. The minimum Gasteiger partial charge on any atom is -0.376 e. The molecule has 1 saturated carbocycles. The molecule has 5 nitrogen and oxygen atoms in total. The predicted molar refractivity (Wildman–Crippen MR) is 94.0 cm³/mol. The van der Waals surface area contributed by atoms with Crippen LogP contribution in [0.2, 0.25) is 0 Å². The van der Waals surface area contributed by atoms with Gasteiger partial charge in [-0.1, -0.05) is 29.8 Å². The summed E-state index contributed by atoms with van der Waals surface area (Å²) >= 11 is 0. The lowest BCUT2D eigenvalue weighted by Gasteiger charge is -2.50. The van der Waals surface area contributed by atoms with E-state index in [9.17, 15) is 4.79 Å².